The number of ether oxygens (including phenoxy) is 1. The first-order chi connectivity index (χ1) is 20.7. The minimum absolute atomic E-state index is 0. The van der Waals surface area contributed by atoms with Crippen LogP contribution in [0.4, 0.5) is 5.95 Å². The fourth-order valence-corrected chi connectivity index (χ4v) is 7.45. The van der Waals surface area contributed by atoms with E-state index in [1.54, 1.807) is 18.5 Å². The normalized spacial score (nSPS) is 20.9. The zero-order chi connectivity index (χ0) is 30.0. The molecule has 0 bridgehead atoms. The summed E-state index contributed by atoms with van der Waals surface area (Å²) in [5, 5.41) is 10.2. The number of rotatable bonds is 8. The Labute approximate surface area is 287 Å². The number of aliphatic carboxylic acids is 1. The monoisotopic (exact) mass is 696 g/mol. The van der Waals surface area contributed by atoms with Crippen molar-refractivity contribution in [3.63, 3.8) is 0 Å². The number of carboxylic acids is 1. The molecule has 0 saturated carbocycles. The SMILES string of the molecule is CN1CCC2(CCCN(c3ncc(Oc4cc(CN5CCC(CC(=O)O)CC5)cc(-c5cc(Cl)cc(Cl)c5)n4)cn3)C2)C1.Cl.Cl. The molecule has 1 unspecified atom stereocenters. The summed E-state index contributed by atoms with van der Waals surface area (Å²) in [5.41, 5.74) is 2.87. The molecule has 1 atom stereocenters. The molecule has 0 aliphatic carbocycles. The van der Waals surface area contributed by atoms with E-state index < -0.39 is 5.97 Å². The predicted molar refractivity (Wildman–Crippen MR) is 183 cm³/mol. The van der Waals surface area contributed by atoms with Gasteiger partial charge in [-0.3, -0.25) is 9.69 Å². The van der Waals surface area contributed by atoms with Gasteiger partial charge in [-0.15, -0.1) is 24.8 Å². The summed E-state index contributed by atoms with van der Waals surface area (Å²) < 4.78 is 6.23. The average molecular weight is 699 g/mol. The molecular formula is C32H40Cl4N6O3. The van der Waals surface area contributed by atoms with Gasteiger partial charge in [-0.1, -0.05) is 23.2 Å². The molecule has 3 aromatic rings. The second-order valence-corrected chi connectivity index (χ2v) is 13.4. The lowest BCUT2D eigenvalue weighted by Gasteiger charge is -2.40. The zero-order valence-electron chi connectivity index (χ0n) is 25.3. The highest BCUT2D eigenvalue weighted by Crippen LogP contribution is 2.39. The number of nitrogens with zero attached hydrogens (tertiary/aromatic N) is 6. The Morgan fingerprint density at radius 2 is 1.69 bits per heavy atom. The van der Waals surface area contributed by atoms with Gasteiger partial charge in [0.05, 0.1) is 18.1 Å². The minimum atomic E-state index is -0.724. The highest BCUT2D eigenvalue weighted by molar-refractivity contribution is 6.35. The Morgan fingerprint density at radius 1 is 0.978 bits per heavy atom. The summed E-state index contributed by atoms with van der Waals surface area (Å²) in [6, 6.07) is 9.35. The van der Waals surface area contributed by atoms with Gasteiger partial charge >= 0.3 is 5.97 Å². The van der Waals surface area contributed by atoms with Gasteiger partial charge in [0.2, 0.25) is 11.8 Å². The van der Waals surface area contributed by atoms with Crippen molar-refractivity contribution in [1.29, 1.82) is 0 Å². The molecule has 1 N–H and O–H groups in total. The number of piperidine rings is 2. The zero-order valence-corrected chi connectivity index (χ0v) is 28.5. The number of anilines is 1. The van der Waals surface area contributed by atoms with Crippen LogP contribution in [-0.4, -0.2) is 82.1 Å². The van der Waals surface area contributed by atoms with E-state index in [0.29, 0.717) is 39.3 Å². The lowest BCUT2D eigenvalue weighted by Crippen LogP contribution is -2.45. The van der Waals surface area contributed by atoms with Crippen LogP contribution in [0.3, 0.4) is 0 Å². The lowest BCUT2D eigenvalue weighted by atomic mass is 9.79. The summed E-state index contributed by atoms with van der Waals surface area (Å²) in [6.45, 7) is 6.62. The van der Waals surface area contributed by atoms with Crippen molar-refractivity contribution in [2.45, 2.75) is 45.1 Å². The molecule has 1 spiro atoms. The van der Waals surface area contributed by atoms with Crippen LogP contribution in [0.15, 0.2) is 42.7 Å². The van der Waals surface area contributed by atoms with Crippen LogP contribution >= 0.6 is 48.0 Å². The van der Waals surface area contributed by atoms with Crippen LogP contribution in [0.2, 0.25) is 10.0 Å². The van der Waals surface area contributed by atoms with Crippen LogP contribution < -0.4 is 9.64 Å². The van der Waals surface area contributed by atoms with Crippen molar-refractivity contribution in [2.75, 3.05) is 51.2 Å². The summed E-state index contributed by atoms with van der Waals surface area (Å²) in [7, 11) is 2.20. The van der Waals surface area contributed by atoms with Crippen molar-refractivity contribution < 1.29 is 14.6 Å². The number of pyridine rings is 1. The van der Waals surface area contributed by atoms with Gasteiger partial charge in [0.25, 0.3) is 0 Å². The molecule has 45 heavy (non-hydrogen) atoms. The van der Waals surface area contributed by atoms with Crippen LogP contribution in [0.1, 0.15) is 44.1 Å². The van der Waals surface area contributed by atoms with Crippen molar-refractivity contribution in [3.05, 3.63) is 58.3 Å². The number of likely N-dealkylation sites (tertiary alicyclic amines) is 2. The summed E-state index contributed by atoms with van der Waals surface area (Å²) in [5.74, 6) is 1.20. The molecule has 0 amide bonds. The number of hydrogen-bond donors (Lipinski definition) is 1. The van der Waals surface area contributed by atoms with Gasteiger partial charge in [-0.2, -0.15) is 0 Å². The van der Waals surface area contributed by atoms with Gasteiger partial charge in [0, 0.05) is 59.7 Å². The Hall–Kier alpha value is -2.40. The van der Waals surface area contributed by atoms with Crippen LogP contribution in [0.5, 0.6) is 11.6 Å². The molecule has 1 aromatic carbocycles. The fourth-order valence-electron chi connectivity index (χ4n) is 6.92. The fraction of sp³-hybridized carbons (Fsp3) is 0.500. The Kier molecular flexibility index (Phi) is 12.2. The molecule has 13 heteroatoms. The maximum absolute atomic E-state index is 11.1. The molecule has 3 saturated heterocycles. The molecule has 3 fully saturated rings. The Bertz CT molecular complexity index is 1430. The van der Waals surface area contributed by atoms with Gasteiger partial charge in [-0.25, -0.2) is 15.0 Å². The number of carboxylic acid groups (broad SMARTS) is 1. The van der Waals surface area contributed by atoms with Crippen molar-refractivity contribution in [3.8, 4) is 22.9 Å². The predicted octanol–water partition coefficient (Wildman–Crippen LogP) is 7.09. The number of carbonyl (C=O) groups is 1. The standard InChI is InChI=1S/C32H38Cl2N6O3.2ClH/c1-38-10-6-32(20-38)5-2-7-40(21-32)31-35-17-27(18-36-31)43-29-12-23(19-39-8-3-22(4-9-39)13-30(41)42)11-28(37-29)24-14-25(33)16-26(34)15-24;;/h11-12,14-18,22H,2-10,13,19-21H2,1H3,(H,41,42);2*1H. The molecule has 6 rings (SSSR count). The molecule has 244 valence electrons. The molecule has 2 aromatic heterocycles. The molecule has 3 aliphatic rings. The third kappa shape index (κ3) is 9.11. The smallest absolute Gasteiger partial charge is 0.303 e. The van der Waals surface area contributed by atoms with E-state index in [9.17, 15) is 4.79 Å². The number of aromatic nitrogens is 3. The Balaban J connectivity index is 0.00000230. The van der Waals surface area contributed by atoms with Crippen molar-refractivity contribution >= 4 is 59.9 Å². The molecule has 9 nitrogen and oxygen atoms in total. The summed E-state index contributed by atoms with van der Waals surface area (Å²) in [6.07, 6.45) is 9.06. The van der Waals surface area contributed by atoms with Crippen LogP contribution in [0, 0.1) is 11.3 Å². The number of hydrogen-bond acceptors (Lipinski definition) is 8. The van der Waals surface area contributed by atoms with Gasteiger partial charge in [-0.05, 0) is 94.5 Å². The van der Waals surface area contributed by atoms with E-state index in [0.717, 1.165) is 75.6 Å². The molecular weight excluding hydrogens is 658 g/mol. The highest BCUT2D eigenvalue weighted by atomic mass is 35.5. The third-order valence-electron chi connectivity index (χ3n) is 9.01. The van der Waals surface area contributed by atoms with Crippen molar-refractivity contribution in [2.24, 2.45) is 11.3 Å². The van der Waals surface area contributed by atoms with E-state index >= 15 is 0 Å². The van der Waals surface area contributed by atoms with Gasteiger partial charge in [0.1, 0.15) is 0 Å². The summed E-state index contributed by atoms with van der Waals surface area (Å²) >= 11 is 12.6. The minimum Gasteiger partial charge on any atom is -0.481 e. The van der Waals surface area contributed by atoms with E-state index in [1.807, 2.05) is 24.3 Å². The van der Waals surface area contributed by atoms with E-state index in [4.69, 9.17) is 38.0 Å². The maximum atomic E-state index is 11.1. The maximum Gasteiger partial charge on any atom is 0.303 e. The number of benzene rings is 1. The second kappa shape index (κ2) is 15.5. The highest BCUT2D eigenvalue weighted by Gasteiger charge is 2.40. The first kappa shape index (κ1) is 35.5. The number of halogens is 4. The first-order valence-electron chi connectivity index (χ1n) is 15.1. The molecule has 0 radical (unpaired) electrons. The first-order valence-corrected chi connectivity index (χ1v) is 15.8. The van der Waals surface area contributed by atoms with E-state index in [1.165, 1.54) is 12.8 Å². The average Bonchev–Trinajstić information content (AvgIpc) is 3.32. The lowest BCUT2D eigenvalue weighted by molar-refractivity contribution is -0.138. The van der Waals surface area contributed by atoms with Gasteiger partial charge in [0.15, 0.2) is 5.75 Å². The topological polar surface area (TPSA) is 94.9 Å². The van der Waals surface area contributed by atoms with Crippen molar-refractivity contribution in [1.82, 2.24) is 24.8 Å². The van der Waals surface area contributed by atoms with Crippen LogP contribution in [0.25, 0.3) is 11.3 Å². The van der Waals surface area contributed by atoms with E-state index in [-0.39, 0.29) is 37.2 Å². The van der Waals surface area contributed by atoms with Crippen LogP contribution in [-0.2, 0) is 11.3 Å². The van der Waals surface area contributed by atoms with E-state index in [2.05, 4.69) is 31.7 Å². The quantitative estimate of drug-likeness (QED) is 0.265. The molecule has 3 aliphatic heterocycles. The third-order valence-corrected chi connectivity index (χ3v) is 9.44. The largest absolute Gasteiger partial charge is 0.481 e. The summed E-state index contributed by atoms with van der Waals surface area (Å²) in [4.78, 5) is 32.4. The Morgan fingerprint density at radius 3 is 2.33 bits per heavy atom. The second-order valence-electron chi connectivity index (χ2n) is 12.5. The molecule has 5 heterocycles. The van der Waals surface area contributed by atoms with Gasteiger partial charge < -0.3 is 19.6 Å².